The summed E-state index contributed by atoms with van der Waals surface area (Å²) in [7, 11) is 1.58. The highest BCUT2D eigenvalue weighted by molar-refractivity contribution is 5.96. The minimum absolute atomic E-state index is 0.0662. The molecule has 2 aromatic carbocycles. The summed E-state index contributed by atoms with van der Waals surface area (Å²) in [6.45, 7) is 5.65. The van der Waals surface area contributed by atoms with Gasteiger partial charge in [-0.15, -0.1) is 0 Å². The van der Waals surface area contributed by atoms with E-state index >= 15 is 0 Å². The fourth-order valence-electron chi connectivity index (χ4n) is 3.33. The van der Waals surface area contributed by atoms with Crippen LogP contribution in [-0.2, 0) is 11.3 Å². The minimum Gasteiger partial charge on any atom is -0.497 e. The number of ether oxygens (including phenoxy) is 2. The highest BCUT2D eigenvalue weighted by atomic mass is 16.5. The number of furan rings is 1. The Labute approximate surface area is 166 Å². The topological polar surface area (TPSA) is 78.9 Å². The average Bonchev–Trinajstić information content (AvgIpc) is 3.03. The Balaban J connectivity index is 1.65. The Morgan fingerprint density at radius 2 is 1.69 bits per heavy atom. The highest BCUT2D eigenvalue weighted by Crippen LogP contribution is 2.29. The molecule has 148 valence electrons. The van der Waals surface area contributed by atoms with Crippen molar-refractivity contribution in [2.45, 2.75) is 27.4 Å². The van der Waals surface area contributed by atoms with Crippen LogP contribution in [0.5, 0.6) is 5.75 Å². The minimum atomic E-state index is -0.595. The van der Waals surface area contributed by atoms with E-state index in [0.29, 0.717) is 28.0 Å². The van der Waals surface area contributed by atoms with Crippen LogP contribution in [0.1, 0.15) is 32.8 Å². The maximum absolute atomic E-state index is 12.7. The van der Waals surface area contributed by atoms with Crippen molar-refractivity contribution in [2.75, 3.05) is 7.11 Å². The lowest BCUT2D eigenvalue weighted by atomic mass is 10.0. The molecule has 29 heavy (non-hydrogen) atoms. The molecule has 0 bridgehead atoms. The number of carbonyl (C=O) groups excluding carboxylic acids is 1. The number of aryl methyl sites for hydroxylation is 3. The van der Waals surface area contributed by atoms with E-state index in [2.05, 4.69) is 0 Å². The first-order valence-electron chi connectivity index (χ1n) is 9.15. The molecule has 0 amide bonds. The van der Waals surface area contributed by atoms with Gasteiger partial charge in [0.2, 0.25) is 5.76 Å². The standard InChI is InChI=1S/C23H20O6/c1-12-7-18-15(9-21(24)28-20(18)8-13(12)2)11-27-23(25)22-14(3)17-10-16(26-4)5-6-19(17)29-22/h5-10H,11H2,1-4H3. The molecule has 0 spiro atoms. The molecular weight excluding hydrogens is 372 g/mol. The lowest BCUT2D eigenvalue weighted by Crippen LogP contribution is -2.08. The normalized spacial score (nSPS) is 11.2. The van der Waals surface area contributed by atoms with Crippen LogP contribution in [0.4, 0.5) is 0 Å². The van der Waals surface area contributed by atoms with Gasteiger partial charge in [0.05, 0.1) is 7.11 Å². The molecule has 2 aromatic heterocycles. The molecule has 0 N–H and O–H groups in total. The molecule has 0 aliphatic heterocycles. The third kappa shape index (κ3) is 3.38. The van der Waals surface area contributed by atoms with Gasteiger partial charge in [0.1, 0.15) is 23.5 Å². The predicted molar refractivity (Wildman–Crippen MR) is 109 cm³/mol. The van der Waals surface area contributed by atoms with Crippen molar-refractivity contribution in [3.8, 4) is 5.75 Å². The van der Waals surface area contributed by atoms with E-state index in [9.17, 15) is 9.59 Å². The average molecular weight is 392 g/mol. The number of esters is 1. The van der Waals surface area contributed by atoms with Crippen LogP contribution >= 0.6 is 0 Å². The highest BCUT2D eigenvalue weighted by Gasteiger charge is 2.20. The second-order valence-corrected chi connectivity index (χ2v) is 7.02. The second kappa shape index (κ2) is 7.13. The number of carbonyl (C=O) groups is 1. The third-order valence-corrected chi connectivity index (χ3v) is 5.13. The molecule has 0 radical (unpaired) electrons. The number of hydrogen-bond donors (Lipinski definition) is 0. The van der Waals surface area contributed by atoms with Crippen molar-refractivity contribution in [1.82, 2.24) is 0 Å². The van der Waals surface area contributed by atoms with Crippen LogP contribution < -0.4 is 10.4 Å². The summed E-state index contributed by atoms with van der Waals surface area (Å²) in [5.41, 5.74) is 3.89. The van der Waals surface area contributed by atoms with Crippen LogP contribution in [-0.4, -0.2) is 13.1 Å². The first-order chi connectivity index (χ1) is 13.9. The number of rotatable bonds is 4. The lowest BCUT2D eigenvalue weighted by molar-refractivity contribution is 0.0438. The molecular formula is C23H20O6. The number of methoxy groups -OCH3 is 1. The molecule has 0 fully saturated rings. The van der Waals surface area contributed by atoms with Crippen molar-refractivity contribution in [3.63, 3.8) is 0 Å². The van der Waals surface area contributed by atoms with Crippen LogP contribution in [0.3, 0.4) is 0 Å². The first-order valence-corrected chi connectivity index (χ1v) is 9.15. The summed E-state index contributed by atoms with van der Waals surface area (Å²) in [6, 6.07) is 10.4. The summed E-state index contributed by atoms with van der Waals surface area (Å²) in [5, 5.41) is 1.53. The molecule has 2 heterocycles. The van der Waals surface area contributed by atoms with Crippen molar-refractivity contribution >= 4 is 27.9 Å². The quantitative estimate of drug-likeness (QED) is 0.366. The van der Waals surface area contributed by atoms with Gasteiger partial charge in [-0.05, 0) is 62.2 Å². The molecule has 0 aliphatic carbocycles. The zero-order valence-electron chi connectivity index (χ0n) is 16.6. The van der Waals surface area contributed by atoms with Gasteiger partial charge < -0.3 is 18.3 Å². The first kappa shape index (κ1) is 18.8. The number of hydrogen-bond acceptors (Lipinski definition) is 6. The van der Waals surface area contributed by atoms with E-state index in [1.165, 1.54) is 6.07 Å². The molecule has 0 atom stereocenters. The zero-order valence-corrected chi connectivity index (χ0v) is 16.6. The van der Waals surface area contributed by atoms with E-state index in [0.717, 1.165) is 21.9 Å². The van der Waals surface area contributed by atoms with Crippen LogP contribution in [0.2, 0.25) is 0 Å². The van der Waals surface area contributed by atoms with Gasteiger partial charge >= 0.3 is 11.6 Å². The number of fused-ring (bicyclic) bond motifs is 2. The van der Waals surface area contributed by atoms with Gasteiger partial charge in [-0.2, -0.15) is 0 Å². The molecule has 4 aromatic rings. The number of benzene rings is 2. The van der Waals surface area contributed by atoms with E-state index in [-0.39, 0.29) is 12.4 Å². The molecule has 0 aliphatic rings. The van der Waals surface area contributed by atoms with Crippen LogP contribution in [0, 0.1) is 20.8 Å². The van der Waals surface area contributed by atoms with Gasteiger partial charge in [0.25, 0.3) is 0 Å². The van der Waals surface area contributed by atoms with Crippen molar-refractivity contribution in [1.29, 1.82) is 0 Å². The van der Waals surface area contributed by atoms with Crippen molar-refractivity contribution in [3.05, 3.63) is 74.8 Å². The van der Waals surface area contributed by atoms with Gasteiger partial charge in [0.15, 0.2) is 0 Å². The summed E-state index contributed by atoms with van der Waals surface area (Å²) >= 11 is 0. The van der Waals surface area contributed by atoms with E-state index in [4.69, 9.17) is 18.3 Å². The van der Waals surface area contributed by atoms with Gasteiger partial charge in [-0.3, -0.25) is 0 Å². The monoisotopic (exact) mass is 392 g/mol. The largest absolute Gasteiger partial charge is 0.497 e. The van der Waals surface area contributed by atoms with Gasteiger partial charge in [0, 0.05) is 28.0 Å². The Kier molecular flexibility index (Phi) is 4.62. The molecule has 4 rings (SSSR count). The maximum Gasteiger partial charge on any atom is 0.374 e. The molecule has 6 nitrogen and oxygen atoms in total. The molecule has 0 unspecified atom stereocenters. The summed E-state index contributed by atoms with van der Waals surface area (Å²) in [4.78, 5) is 24.6. The lowest BCUT2D eigenvalue weighted by Gasteiger charge is -2.08. The van der Waals surface area contributed by atoms with E-state index in [1.54, 1.807) is 26.2 Å². The Bertz CT molecular complexity index is 1310. The van der Waals surface area contributed by atoms with E-state index < -0.39 is 11.6 Å². The smallest absolute Gasteiger partial charge is 0.374 e. The molecule has 0 saturated carbocycles. The van der Waals surface area contributed by atoms with E-state index in [1.807, 2.05) is 32.0 Å². The van der Waals surface area contributed by atoms with Crippen molar-refractivity contribution in [2.24, 2.45) is 0 Å². The maximum atomic E-state index is 12.7. The summed E-state index contributed by atoms with van der Waals surface area (Å²) in [5.74, 6) is 0.213. The Hall–Kier alpha value is -3.54. The fraction of sp³-hybridized carbons (Fsp3) is 0.217. The predicted octanol–water partition coefficient (Wildman–Crippen LogP) is 4.83. The van der Waals surface area contributed by atoms with Gasteiger partial charge in [-0.25, -0.2) is 9.59 Å². The fourth-order valence-corrected chi connectivity index (χ4v) is 3.33. The molecule has 6 heteroatoms. The SMILES string of the molecule is COc1ccc2oc(C(=O)OCc3cc(=O)oc4cc(C)c(C)cc34)c(C)c2c1. The summed E-state index contributed by atoms with van der Waals surface area (Å²) < 4.78 is 21.7. The Morgan fingerprint density at radius 3 is 2.45 bits per heavy atom. The summed E-state index contributed by atoms with van der Waals surface area (Å²) in [6.07, 6.45) is 0. The molecule has 0 saturated heterocycles. The van der Waals surface area contributed by atoms with Gasteiger partial charge in [-0.1, -0.05) is 0 Å². The van der Waals surface area contributed by atoms with Crippen LogP contribution in [0.25, 0.3) is 21.9 Å². The Morgan fingerprint density at radius 1 is 0.931 bits per heavy atom. The third-order valence-electron chi connectivity index (χ3n) is 5.13. The zero-order chi connectivity index (χ0) is 20.7. The van der Waals surface area contributed by atoms with Crippen LogP contribution in [0.15, 0.2) is 50.0 Å². The van der Waals surface area contributed by atoms with Crippen molar-refractivity contribution < 1.29 is 23.1 Å². The second-order valence-electron chi connectivity index (χ2n) is 7.02.